The SMILES string of the molecule is Cc1cccc(C)c1-n1cc(C#N)nc1-c1[c-]ccc(-c2cccnc2)c1.[Ir]. The van der Waals surface area contributed by atoms with E-state index in [9.17, 15) is 5.26 Å². The standard InChI is InChI=1S/C23H17N4.Ir/c1-16-6-3-7-17(2)22(16)27-15-21(13-24)26-23(27)19-9-4-8-18(12-19)20-10-5-11-25-14-20;/h3-8,10-12,14-15H,1-2H3;/q-1;. The molecule has 0 fully saturated rings. The van der Waals surface area contributed by atoms with Crippen molar-refractivity contribution in [2.75, 3.05) is 0 Å². The van der Waals surface area contributed by atoms with Crippen LogP contribution in [0.4, 0.5) is 0 Å². The van der Waals surface area contributed by atoms with Gasteiger partial charge in [0.1, 0.15) is 11.8 Å². The number of aromatic nitrogens is 3. The summed E-state index contributed by atoms with van der Waals surface area (Å²) in [5.41, 5.74) is 6.57. The van der Waals surface area contributed by atoms with Crippen LogP contribution in [0.5, 0.6) is 0 Å². The first-order chi connectivity index (χ1) is 13.2. The quantitative estimate of drug-likeness (QED) is 0.347. The van der Waals surface area contributed by atoms with Gasteiger partial charge in [0.15, 0.2) is 0 Å². The van der Waals surface area contributed by atoms with E-state index in [-0.39, 0.29) is 20.1 Å². The molecule has 1 radical (unpaired) electrons. The molecular formula is C23H17IrN4-. The van der Waals surface area contributed by atoms with E-state index in [1.165, 1.54) is 0 Å². The Balaban J connectivity index is 0.00000225. The minimum Gasteiger partial charge on any atom is -0.338 e. The van der Waals surface area contributed by atoms with Crippen molar-refractivity contribution in [3.63, 3.8) is 0 Å². The van der Waals surface area contributed by atoms with Gasteiger partial charge in [-0.1, -0.05) is 29.8 Å². The summed E-state index contributed by atoms with van der Waals surface area (Å²) in [4.78, 5) is 8.74. The molecule has 139 valence electrons. The summed E-state index contributed by atoms with van der Waals surface area (Å²) in [5, 5.41) is 9.40. The molecule has 0 aliphatic carbocycles. The average Bonchev–Trinajstić information content (AvgIpc) is 3.13. The van der Waals surface area contributed by atoms with E-state index in [0.29, 0.717) is 11.5 Å². The van der Waals surface area contributed by atoms with Crippen molar-refractivity contribution in [2.45, 2.75) is 13.8 Å². The maximum Gasteiger partial charge on any atom is 0.148 e. The molecule has 0 saturated carbocycles. The molecule has 0 aliphatic heterocycles. The second kappa shape index (κ2) is 8.31. The Morgan fingerprint density at radius 2 is 1.82 bits per heavy atom. The van der Waals surface area contributed by atoms with E-state index in [0.717, 1.165) is 33.5 Å². The minimum absolute atomic E-state index is 0. The van der Waals surface area contributed by atoms with Gasteiger partial charge in [0.05, 0.1) is 5.82 Å². The molecule has 0 unspecified atom stereocenters. The molecule has 0 amide bonds. The van der Waals surface area contributed by atoms with Crippen LogP contribution < -0.4 is 0 Å². The first-order valence-electron chi connectivity index (χ1n) is 8.66. The topological polar surface area (TPSA) is 54.5 Å². The fraction of sp³-hybridized carbons (Fsp3) is 0.0870. The smallest absolute Gasteiger partial charge is 0.148 e. The molecule has 28 heavy (non-hydrogen) atoms. The van der Waals surface area contributed by atoms with Crippen LogP contribution >= 0.6 is 0 Å². The van der Waals surface area contributed by atoms with E-state index >= 15 is 0 Å². The van der Waals surface area contributed by atoms with Crippen LogP contribution in [0.1, 0.15) is 16.8 Å². The van der Waals surface area contributed by atoms with Gasteiger partial charge in [-0.05, 0) is 36.6 Å². The average molecular weight is 542 g/mol. The Morgan fingerprint density at radius 1 is 1.04 bits per heavy atom. The molecule has 2 aromatic heterocycles. The fourth-order valence-corrected chi connectivity index (χ4v) is 3.29. The number of pyridine rings is 1. The molecule has 5 heteroatoms. The monoisotopic (exact) mass is 542 g/mol. The van der Waals surface area contributed by atoms with Gasteiger partial charge in [0.2, 0.25) is 0 Å². The molecule has 4 nitrogen and oxygen atoms in total. The normalized spacial score (nSPS) is 10.2. The van der Waals surface area contributed by atoms with Crippen molar-refractivity contribution < 1.29 is 20.1 Å². The van der Waals surface area contributed by atoms with Gasteiger partial charge >= 0.3 is 0 Å². The first kappa shape index (κ1) is 19.7. The number of nitrogens with zero attached hydrogens (tertiary/aromatic N) is 4. The second-order valence-corrected chi connectivity index (χ2v) is 6.40. The number of imidazole rings is 1. The summed E-state index contributed by atoms with van der Waals surface area (Å²) in [5.74, 6) is 0.703. The van der Waals surface area contributed by atoms with Gasteiger partial charge in [0.25, 0.3) is 0 Å². The van der Waals surface area contributed by atoms with Crippen LogP contribution in [-0.2, 0) is 20.1 Å². The Bertz CT molecular complexity index is 1140. The zero-order chi connectivity index (χ0) is 18.8. The number of hydrogen-bond acceptors (Lipinski definition) is 3. The third-order valence-electron chi connectivity index (χ3n) is 4.54. The summed E-state index contributed by atoms with van der Waals surface area (Å²) < 4.78 is 1.99. The van der Waals surface area contributed by atoms with Gasteiger partial charge in [-0.25, -0.2) is 0 Å². The van der Waals surface area contributed by atoms with Gasteiger partial charge in [-0.15, -0.1) is 29.8 Å². The van der Waals surface area contributed by atoms with Gasteiger partial charge in [0, 0.05) is 44.4 Å². The molecule has 0 bridgehead atoms. The van der Waals surface area contributed by atoms with E-state index in [1.807, 2.05) is 47.2 Å². The number of benzene rings is 2. The number of aryl methyl sites for hydroxylation is 2. The Labute approximate surface area is 177 Å². The van der Waals surface area contributed by atoms with E-state index in [4.69, 9.17) is 0 Å². The van der Waals surface area contributed by atoms with Crippen molar-refractivity contribution >= 4 is 0 Å². The van der Waals surface area contributed by atoms with E-state index in [2.05, 4.69) is 48.1 Å². The summed E-state index contributed by atoms with van der Waals surface area (Å²) in [6, 6.07) is 21.4. The third-order valence-corrected chi connectivity index (χ3v) is 4.54. The largest absolute Gasteiger partial charge is 0.338 e. The summed E-state index contributed by atoms with van der Waals surface area (Å²) in [6.45, 7) is 4.13. The Hall–Kier alpha value is -3.06. The van der Waals surface area contributed by atoms with Crippen molar-refractivity contribution in [1.29, 1.82) is 5.26 Å². The van der Waals surface area contributed by atoms with Crippen LogP contribution in [0.3, 0.4) is 0 Å². The number of para-hydroxylation sites is 1. The maximum atomic E-state index is 9.40. The minimum atomic E-state index is 0. The van der Waals surface area contributed by atoms with E-state index < -0.39 is 0 Å². The first-order valence-corrected chi connectivity index (χ1v) is 8.66. The molecule has 0 aliphatic rings. The van der Waals surface area contributed by atoms with Crippen molar-refractivity contribution in [2.24, 2.45) is 0 Å². The van der Waals surface area contributed by atoms with Crippen molar-refractivity contribution in [3.05, 3.63) is 90.0 Å². The third kappa shape index (κ3) is 3.66. The zero-order valence-electron chi connectivity index (χ0n) is 15.5. The number of hydrogen-bond donors (Lipinski definition) is 0. The van der Waals surface area contributed by atoms with E-state index in [1.54, 1.807) is 12.4 Å². The van der Waals surface area contributed by atoms with Gasteiger partial charge in [-0.3, -0.25) is 9.97 Å². The maximum absolute atomic E-state index is 9.40. The molecule has 2 heterocycles. The molecule has 0 spiro atoms. The second-order valence-electron chi connectivity index (χ2n) is 6.40. The van der Waals surface area contributed by atoms with Crippen LogP contribution in [0.2, 0.25) is 0 Å². The van der Waals surface area contributed by atoms with Crippen molar-refractivity contribution in [1.82, 2.24) is 14.5 Å². The molecule has 2 aromatic carbocycles. The fourth-order valence-electron chi connectivity index (χ4n) is 3.29. The van der Waals surface area contributed by atoms with Crippen LogP contribution in [0.15, 0.2) is 67.1 Å². The summed E-state index contributed by atoms with van der Waals surface area (Å²) in [7, 11) is 0. The van der Waals surface area contributed by atoms with Crippen LogP contribution in [0, 0.1) is 31.2 Å². The summed E-state index contributed by atoms with van der Waals surface area (Å²) >= 11 is 0. The molecule has 0 saturated heterocycles. The zero-order valence-corrected chi connectivity index (χ0v) is 17.9. The van der Waals surface area contributed by atoms with Crippen molar-refractivity contribution in [3.8, 4) is 34.3 Å². The molecular weight excluding hydrogens is 524 g/mol. The number of nitriles is 1. The molecule has 4 rings (SSSR count). The van der Waals surface area contributed by atoms with Crippen LogP contribution in [0.25, 0.3) is 28.2 Å². The van der Waals surface area contributed by atoms with Gasteiger partial charge < -0.3 is 4.57 Å². The molecule has 4 aromatic rings. The molecule has 0 N–H and O–H groups in total. The van der Waals surface area contributed by atoms with Crippen LogP contribution in [-0.4, -0.2) is 14.5 Å². The Kier molecular flexibility index (Phi) is 5.84. The Morgan fingerprint density at radius 3 is 2.50 bits per heavy atom. The summed E-state index contributed by atoms with van der Waals surface area (Å²) in [6.07, 6.45) is 5.37. The predicted octanol–water partition coefficient (Wildman–Crippen LogP) is 4.89. The predicted molar refractivity (Wildman–Crippen MR) is 105 cm³/mol. The molecule has 0 atom stereocenters. The van der Waals surface area contributed by atoms with Gasteiger partial charge in [-0.2, -0.15) is 5.26 Å². The number of rotatable bonds is 3.